The van der Waals surface area contributed by atoms with Crippen LogP contribution in [0.2, 0.25) is 0 Å². The van der Waals surface area contributed by atoms with Gasteiger partial charge >= 0.3 is 0 Å². The van der Waals surface area contributed by atoms with E-state index in [9.17, 15) is 9.59 Å². The van der Waals surface area contributed by atoms with Crippen molar-refractivity contribution in [2.24, 2.45) is 0 Å². The van der Waals surface area contributed by atoms with Crippen LogP contribution in [0.3, 0.4) is 0 Å². The number of hydrogen-bond acceptors (Lipinski definition) is 3. The van der Waals surface area contributed by atoms with Gasteiger partial charge in [0.25, 0.3) is 5.91 Å². The van der Waals surface area contributed by atoms with Crippen molar-refractivity contribution in [3.8, 4) is 0 Å². The Bertz CT molecular complexity index is 742. The number of hydrogen-bond donors (Lipinski definition) is 2. The molecule has 1 fully saturated rings. The molecule has 2 aromatic rings. The predicted molar refractivity (Wildman–Crippen MR) is 99.9 cm³/mol. The lowest BCUT2D eigenvalue weighted by Gasteiger charge is -2.22. The number of amides is 2. The summed E-state index contributed by atoms with van der Waals surface area (Å²) in [6.45, 7) is 2.97. The minimum absolute atomic E-state index is 0.131. The first-order chi connectivity index (χ1) is 12.2. The maximum absolute atomic E-state index is 12.5. The third-order valence-corrected chi connectivity index (χ3v) is 4.20. The SMILES string of the molecule is CCN(CC(=O)Nc1ccccc1C(=O)NC1CC1)c1ccccc1. The van der Waals surface area contributed by atoms with Crippen molar-refractivity contribution in [2.45, 2.75) is 25.8 Å². The fourth-order valence-corrected chi connectivity index (χ4v) is 2.67. The zero-order valence-corrected chi connectivity index (χ0v) is 14.4. The van der Waals surface area contributed by atoms with Crippen LogP contribution in [-0.4, -0.2) is 30.9 Å². The maximum atomic E-state index is 12.5. The number of nitrogens with one attached hydrogen (secondary N) is 2. The van der Waals surface area contributed by atoms with Gasteiger partial charge in [0.1, 0.15) is 0 Å². The van der Waals surface area contributed by atoms with Gasteiger partial charge in [0, 0.05) is 18.3 Å². The number of nitrogens with zero attached hydrogens (tertiary/aromatic N) is 1. The summed E-state index contributed by atoms with van der Waals surface area (Å²) in [5.74, 6) is -0.272. The second kappa shape index (κ2) is 7.83. The van der Waals surface area contributed by atoms with E-state index in [0.29, 0.717) is 11.3 Å². The second-order valence-corrected chi connectivity index (χ2v) is 6.19. The van der Waals surface area contributed by atoms with Crippen molar-refractivity contribution in [3.05, 3.63) is 60.2 Å². The molecule has 2 aromatic carbocycles. The number of carbonyl (C=O) groups is 2. The van der Waals surface area contributed by atoms with Gasteiger partial charge in [-0.05, 0) is 44.0 Å². The van der Waals surface area contributed by atoms with Gasteiger partial charge in [0.15, 0.2) is 0 Å². The topological polar surface area (TPSA) is 61.4 Å². The predicted octanol–water partition coefficient (Wildman–Crippen LogP) is 3.04. The lowest BCUT2D eigenvalue weighted by atomic mass is 10.1. The van der Waals surface area contributed by atoms with Gasteiger partial charge < -0.3 is 15.5 Å². The van der Waals surface area contributed by atoms with E-state index in [0.717, 1.165) is 25.1 Å². The fraction of sp³-hybridized carbons (Fsp3) is 0.300. The smallest absolute Gasteiger partial charge is 0.253 e. The highest BCUT2D eigenvalue weighted by atomic mass is 16.2. The normalized spacial score (nSPS) is 13.2. The van der Waals surface area contributed by atoms with Gasteiger partial charge in [0.05, 0.1) is 17.8 Å². The molecule has 5 heteroatoms. The summed E-state index contributed by atoms with van der Waals surface area (Å²) in [5.41, 5.74) is 2.06. The van der Waals surface area contributed by atoms with E-state index >= 15 is 0 Å². The van der Waals surface area contributed by atoms with Gasteiger partial charge in [-0.2, -0.15) is 0 Å². The van der Waals surface area contributed by atoms with Crippen LogP contribution < -0.4 is 15.5 Å². The number of para-hydroxylation sites is 2. The van der Waals surface area contributed by atoms with E-state index < -0.39 is 0 Å². The number of benzene rings is 2. The Labute approximate surface area is 148 Å². The first-order valence-corrected chi connectivity index (χ1v) is 8.67. The zero-order chi connectivity index (χ0) is 17.6. The molecule has 0 bridgehead atoms. The molecule has 2 N–H and O–H groups in total. The lowest BCUT2D eigenvalue weighted by Crippen LogP contribution is -2.34. The Hall–Kier alpha value is -2.82. The monoisotopic (exact) mass is 337 g/mol. The average Bonchev–Trinajstić information content (AvgIpc) is 3.45. The van der Waals surface area contributed by atoms with Gasteiger partial charge in [-0.3, -0.25) is 9.59 Å². The Kier molecular flexibility index (Phi) is 5.33. The van der Waals surface area contributed by atoms with Crippen LogP contribution in [0.25, 0.3) is 0 Å². The standard InChI is InChI=1S/C20H23N3O2/c1-2-23(16-8-4-3-5-9-16)14-19(24)22-18-11-7-6-10-17(18)20(25)21-15-12-13-15/h3-11,15H,2,12-14H2,1H3,(H,21,25)(H,22,24). The van der Waals surface area contributed by atoms with Gasteiger partial charge in [-0.1, -0.05) is 30.3 Å². The molecule has 25 heavy (non-hydrogen) atoms. The van der Waals surface area contributed by atoms with Crippen molar-refractivity contribution in [2.75, 3.05) is 23.3 Å². The van der Waals surface area contributed by atoms with Gasteiger partial charge in [-0.15, -0.1) is 0 Å². The first kappa shape index (κ1) is 17.0. The second-order valence-electron chi connectivity index (χ2n) is 6.19. The van der Waals surface area contributed by atoms with Crippen LogP contribution in [0.4, 0.5) is 11.4 Å². The van der Waals surface area contributed by atoms with Crippen molar-refractivity contribution in [1.82, 2.24) is 5.32 Å². The van der Waals surface area contributed by atoms with E-state index in [2.05, 4.69) is 10.6 Å². The minimum Gasteiger partial charge on any atom is -0.362 e. The quantitative estimate of drug-likeness (QED) is 0.816. The molecule has 2 amide bonds. The molecule has 0 spiro atoms. The number of anilines is 2. The molecule has 1 aliphatic carbocycles. The molecule has 0 aliphatic heterocycles. The minimum atomic E-state index is -0.141. The lowest BCUT2D eigenvalue weighted by molar-refractivity contribution is -0.115. The van der Waals surface area contributed by atoms with Crippen molar-refractivity contribution in [3.63, 3.8) is 0 Å². The summed E-state index contributed by atoms with van der Waals surface area (Å²) < 4.78 is 0. The molecule has 0 atom stereocenters. The van der Waals surface area contributed by atoms with Crippen molar-refractivity contribution >= 4 is 23.2 Å². The van der Waals surface area contributed by atoms with Crippen LogP contribution in [0, 0.1) is 0 Å². The third-order valence-electron chi connectivity index (χ3n) is 4.20. The van der Waals surface area contributed by atoms with Crippen LogP contribution >= 0.6 is 0 Å². The Morgan fingerprint density at radius 3 is 2.40 bits per heavy atom. The molecule has 1 aliphatic rings. The van der Waals surface area contributed by atoms with E-state index in [1.165, 1.54) is 0 Å². The molecule has 0 unspecified atom stereocenters. The van der Waals surface area contributed by atoms with Crippen molar-refractivity contribution in [1.29, 1.82) is 0 Å². The number of carbonyl (C=O) groups excluding carboxylic acids is 2. The number of rotatable bonds is 7. The molecular weight excluding hydrogens is 314 g/mol. The largest absolute Gasteiger partial charge is 0.362 e. The number of likely N-dealkylation sites (N-methyl/N-ethyl adjacent to an activating group) is 1. The summed E-state index contributed by atoms with van der Waals surface area (Å²) in [4.78, 5) is 26.8. The van der Waals surface area contributed by atoms with Crippen LogP contribution in [0.1, 0.15) is 30.1 Å². The first-order valence-electron chi connectivity index (χ1n) is 8.67. The highest BCUT2D eigenvalue weighted by molar-refractivity contribution is 6.04. The van der Waals surface area contributed by atoms with Crippen LogP contribution in [-0.2, 0) is 4.79 Å². The summed E-state index contributed by atoms with van der Waals surface area (Å²) in [7, 11) is 0. The van der Waals surface area contributed by atoms with Crippen LogP contribution in [0.15, 0.2) is 54.6 Å². The summed E-state index contributed by atoms with van der Waals surface area (Å²) in [5, 5.41) is 5.84. The molecule has 0 heterocycles. The fourth-order valence-electron chi connectivity index (χ4n) is 2.67. The highest BCUT2D eigenvalue weighted by Gasteiger charge is 2.25. The molecule has 0 aromatic heterocycles. The van der Waals surface area contributed by atoms with E-state index in [4.69, 9.17) is 0 Å². The van der Waals surface area contributed by atoms with Gasteiger partial charge in [0.2, 0.25) is 5.91 Å². The van der Waals surface area contributed by atoms with Crippen molar-refractivity contribution < 1.29 is 9.59 Å². The molecule has 1 saturated carbocycles. The van der Waals surface area contributed by atoms with E-state index in [1.54, 1.807) is 18.2 Å². The Balaban J connectivity index is 1.67. The summed E-state index contributed by atoms with van der Waals surface area (Å²) in [6, 6.07) is 17.2. The van der Waals surface area contributed by atoms with E-state index in [-0.39, 0.29) is 24.4 Å². The molecule has 130 valence electrons. The molecule has 5 nitrogen and oxygen atoms in total. The summed E-state index contributed by atoms with van der Waals surface area (Å²) in [6.07, 6.45) is 2.06. The maximum Gasteiger partial charge on any atom is 0.253 e. The molecule has 0 saturated heterocycles. The molecule has 3 rings (SSSR count). The molecule has 0 radical (unpaired) electrons. The average molecular weight is 337 g/mol. The zero-order valence-electron chi connectivity index (χ0n) is 14.4. The molecular formula is C20H23N3O2. The Morgan fingerprint density at radius 2 is 1.72 bits per heavy atom. The summed E-state index contributed by atoms with van der Waals surface area (Å²) >= 11 is 0. The van der Waals surface area contributed by atoms with Crippen LogP contribution in [0.5, 0.6) is 0 Å². The van der Waals surface area contributed by atoms with Gasteiger partial charge in [-0.25, -0.2) is 0 Å². The Morgan fingerprint density at radius 1 is 1.04 bits per heavy atom. The van der Waals surface area contributed by atoms with E-state index in [1.807, 2.05) is 48.2 Å². The highest BCUT2D eigenvalue weighted by Crippen LogP contribution is 2.21. The third kappa shape index (κ3) is 4.59.